The van der Waals surface area contributed by atoms with Crippen molar-refractivity contribution in [2.45, 2.75) is 142 Å². The minimum Gasteiger partial charge on any atom is -0.461 e. The third-order valence-electron chi connectivity index (χ3n) is 6.85. The molecule has 7 nitrogen and oxygen atoms in total. The van der Waals surface area contributed by atoms with Crippen molar-refractivity contribution < 1.29 is 28.6 Å². The van der Waals surface area contributed by atoms with Crippen molar-refractivity contribution >= 4 is 17.8 Å². The lowest BCUT2D eigenvalue weighted by Crippen LogP contribution is -2.47. The Hall–Kier alpha value is -1.63. The van der Waals surface area contributed by atoms with E-state index in [2.05, 4.69) is 6.92 Å². The number of carbonyl (C=O) groups excluding carboxylic acids is 3. The zero-order valence-electron chi connectivity index (χ0n) is 22.4. The Morgan fingerprint density at radius 2 is 1.34 bits per heavy atom. The molecule has 1 amide bonds. The number of rotatable bonds is 24. The Morgan fingerprint density at radius 3 is 1.80 bits per heavy atom. The van der Waals surface area contributed by atoms with Gasteiger partial charge in [0, 0.05) is 6.42 Å². The highest BCUT2D eigenvalue weighted by molar-refractivity contribution is 5.78. The molecule has 1 heterocycles. The van der Waals surface area contributed by atoms with Gasteiger partial charge in [-0.05, 0) is 19.3 Å². The van der Waals surface area contributed by atoms with Gasteiger partial charge in [0.25, 0.3) is 0 Å². The van der Waals surface area contributed by atoms with E-state index in [4.69, 9.17) is 19.9 Å². The first-order chi connectivity index (χ1) is 17.0. The molecule has 7 heteroatoms. The molecule has 1 saturated heterocycles. The van der Waals surface area contributed by atoms with E-state index >= 15 is 0 Å². The van der Waals surface area contributed by atoms with Crippen LogP contribution in [0, 0.1) is 5.92 Å². The SMILES string of the molecule is CCCCCCCCCCCCCCCCC[C@@H](C[C@@H]1OC(=O)[C@H]1CC)OC(=O)COCC(N)=O. The zero-order chi connectivity index (χ0) is 25.7. The lowest BCUT2D eigenvalue weighted by molar-refractivity contribution is -0.190. The van der Waals surface area contributed by atoms with Gasteiger partial charge in [-0.1, -0.05) is 104 Å². The number of carbonyl (C=O) groups is 3. The van der Waals surface area contributed by atoms with Crippen molar-refractivity contribution in [3.63, 3.8) is 0 Å². The molecular weight excluding hydrogens is 446 g/mol. The summed E-state index contributed by atoms with van der Waals surface area (Å²) in [5.74, 6) is -1.42. The summed E-state index contributed by atoms with van der Waals surface area (Å²) >= 11 is 0. The third-order valence-corrected chi connectivity index (χ3v) is 6.85. The van der Waals surface area contributed by atoms with E-state index in [-0.39, 0.29) is 37.3 Å². The summed E-state index contributed by atoms with van der Waals surface area (Å²) in [5, 5.41) is 0. The number of unbranched alkanes of at least 4 members (excludes halogenated alkanes) is 14. The van der Waals surface area contributed by atoms with E-state index in [0.29, 0.717) is 6.42 Å². The second-order valence-electron chi connectivity index (χ2n) is 10.0. The van der Waals surface area contributed by atoms with Crippen LogP contribution in [0.2, 0.25) is 0 Å². The van der Waals surface area contributed by atoms with Crippen LogP contribution in [-0.4, -0.2) is 43.3 Å². The van der Waals surface area contributed by atoms with E-state index in [9.17, 15) is 14.4 Å². The molecule has 0 spiro atoms. The average molecular weight is 498 g/mol. The lowest BCUT2D eigenvalue weighted by Gasteiger charge is -2.36. The summed E-state index contributed by atoms with van der Waals surface area (Å²) < 4.78 is 15.8. The van der Waals surface area contributed by atoms with E-state index in [0.717, 1.165) is 25.7 Å². The molecule has 0 aliphatic carbocycles. The molecule has 1 fully saturated rings. The van der Waals surface area contributed by atoms with E-state index in [1.165, 1.54) is 83.5 Å². The Bertz CT molecular complexity index is 582. The van der Waals surface area contributed by atoms with E-state index in [1.807, 2.05) is 6.92 Å². The van der Waals surface area contributed by atoms with E-state index in [1.54, 1.807) is 0 Å². The summed E-state index contributed by atoms with van der Waals surface area (Å²) in [6, 6.07) is 0. The molecule has 0 unspecified atom stereocenters. The highest BCUT2D eigenvalue weighted by Crippen LogP contribution is 2.30. The first kappa shape index (κ1) is 31.4. The van der Waals surface area contributed by atoms with Gasteiger partial charge in [-0.25, -0.2) is 4.79 Å². The number of hydrogen-bond acceptors (Lipinski definition) is 6. The van der Waals surface area contributed by atoms with Crippen molar-refractivity contribution in [1.82, 2.24) is 0 Å². The van der Waals surface area contributed by atoms with Crippen molar-refractivity contribution in [2.75, 3.05) is 13.2 Å². The summed E-state index contributed by atoms with van der Waals surface area (Å²) in [6.45, 7) is 3.61. The molecule has 0 radical (unpaired) electrons. The Labute approximate surface area is 213 Å². The zero-order valence-corrected chi connectivity index (χ0v) is 22.4. The van der Waals surface area contributed by atoms with Crippen LogP contribution in [-0.2, 0) is 28.6 Å². The van der Waals surface area contributed by atoms with Gasteiger partial charge in [0.2, 0.25) is 5.91 Å². The van der Waals surface area contributed by atoms with Crippen LogP contribution in [0.4, 0.5) is 0 Å². The minimum absolute atomic E-state index is 0.108. The standard InChI is InChI=1S/C28H51NO6/c1-3-5-6-7-8-9-10-11-12-13-14-15-16-17-18-19-23(20-25-24(4-2)28(32)35-25)34-27(31)22-33-21-26(29)30/h23-25H,3-22H2,1-2H3,(H2,29,30)/t23-,24-,25-/m0/s1. The Morgan fingerprint density at radius 1 is 0.829 bits per heavy atom. The van der Waals surface area contributed by atoms with Crippen LogP contribution >= 0.6 is 0 Å². The fourth-order valence-electron chi connectivity index (χ4n) is 4.72. The number of amides is 1. The smallest absolute Gasteiger partial charge is 0.332 e. The minimum atomic E-state index is -0.626. The maximum atomic E-state index is 12.1. The lowest BCUT2D eigenvalue weighted by atomic mass is 9.89. The molecule has 1 aliphatic rings. The highest BCUT2D eigenvalue weighted by atomic mass is 16.6. The molecule has 2 N–H and O–H groups in total. The monoisotopic (exact) mass is 497 g/mol. The number of hydrogen-bond donors (Lipinski definition) is 1. The van der Waals surface area contributed by atoms with Crippen molar-refractivity contribution in [2.24, 2.45) is 11.7 Å². The normalized spacial score (nSPS) is 18.1. The van der Waals surface area contributed by atoms with Crippen molar-refractivity contribution in [1.29, 1.82) is 0 Å². The van der Waals surface area contributed by atoms with Gasteiger partial charge in [0.1, 0.15) is 25.4 Å². The van der Waals surface area contributed by atoms with E-state index < -0.39 is 11.9 Å². The number of primary amides is 1. The average Bonchev–Trinajstić information content (AvgIpc) is 2.81. The predicted octanol–water partition coefficient (Wildman–Crippen LogP) is 6.00. The maximum Gasteiger partial charge on any atom is 0.332 e. The summed E-state index contributed by atoms with van der Waals surface area (Å²) in [7, 11) is 0. The number of nitrogens with two attached hydrogens (primary N) is 1. The van der Waals surface area contributed by atoms with Gasteiger partial charge in [-0.2, -0.15) is 0 Å². The number of ether oxygens (including phenoxy) is 3. The predicted molar refractivity (Wildman–Crippen MR) is 138 cm³/mol. The molecule has 3 atom stereocenters. The van der Waals surface area contributed by atoms with Crippen molar-refractivity contribution in [3.05, 3.63) is 0 Å². The summed E-state index contributed by atoms with van der Waals surface area (Å²) in [5.41, 5.74) is 5.02. The molecule has 0 saturated carbocycles. The topological polar surface area (TPSA) is 105 Å². The van der Waals surface area contributed by atoms with Crippen LogP contribution in [0.3, 0.4) is 0 Å². The second kappa shape index (κ2) is 20.6. The fourth-order valence-corrected chi connectivity index (χ4v) is 4.72. The molecule has 0 aromatic heterocycles. The Kier molecular flexibility index (Phi) is 18.4. The van der Waals surface area contributed by atoms with Gasteiger partial charge < -0.3 is 19.9 Å². The fraction of sp³-hybridized carbons (Fsp3) is 0.893. The van der Waals surface area contributed by atoms with Crippen LogP contribution < -0.4 is 5.73 Å². The van der Waals surface area contributed by atoms with Crippen molar-refractivity contribution in [3.8, 4) is 0 Å². The first-order valence-electron chi connectivity index (χ1n) is 14.2. The quantitative estimate of drug-likeness (QED) is 0.129. The van der Waals surface area contributed by atoms with Gasteiger partial charge in [-0.15, -0.1) is 0 Å². The molecule has 1 rings (SSSR count). The highest BCUT2D eigenvalue weighted by Gasteiger charge is 2.42. The number of esters is 2. The van der Waals surface area contributed by atoms with Crippen LogP contribution in [0.5, 0.6) is 0 Å². The van der Waals surface area contributed by atoms with Gasteiger partial charge in [0.05, 0.1) is 5.92 Å². The van der Waals surface area contributed by atoms with Crippen LogP contribution in [0.1, 0.15) is 129 Å². The summed E-state index contributed by atoms with van der Waals surface area (Å²) in [4.78, 5) is 34.4. The van der Waals surface area contributed by atoms with Gasteiger partial charge >= 0.3 is 11.9 Å². The number of cyclic esters (lactones) is 1. The second-order valence-corrected chi connectivity index (χ2v) is 10.0. The molecule has 0 aromatic carbocycles. The maximum absolute atomic E-state index is 12.1. The Balaban J connectivity index is 2.13. The molecule has 204 valence electrons. The molecule has 0 aromatic rings. The largest absolute Gasteiger partial charge is 0.461 e. The van der Waals surface area contributed by atoms with Crippen LogP contribution in [0.25, 0.3) is 0 Å². The van der Waals surface area contributed by atoms with Gasteiger partial charge in [0.15, 0.2) is 0 Å². The molecule has 0 bridgehead atoms. The molecular formula is C28H51NO6. The first-order valence-corrected chi connectivity index (χ1v) is 14.2. The molecule has 35 heavy (non-hydrogen) atoms. The molecule has 1 aliphatic heterocycles. The summed E-state index contributed by atoms with van der Waals surface area (Å²) in [6.07, 6.45) is 21.0. The third kappa shape index (κ3) is 15.9. The van der Waals surface area contributed by atoms with Crippen LogP contribution in [0.15, 0.2) is 0 Å². The van der Waals surface area contributed by atoms with Gasteiger partial charge in [-0.3, -0.25) is 9.59 Å².